The van der Waals surface area contributed by atoms with E-state index < -0.39 is 0 Å². The molecule has 0 aliphatic heterocycles. The fourth-order valence-electron chi connectivity index (χ4n) is 0.400. The van der Waals surface area contributed by atoms with Gasteiger partial charge < -0.3 is 4.98 Å². The van der Waals surface area contributed by atoms with Gasteiger partial charge in [-0.3, -0.25) is 10.1 Å². The molecule has 0 saturated heterocycles. The summed E-state index contributed by atoms with van der Waals surface area (Å²) < 4.78 is 0. The van der Waals surface area contributed by atoms with Crippen LogP contribution in [-0.4, -0.2) is 16.4 Å². The Morgan fingerprint density at radius 2 is 2.30 bits per heavy atom. The van der Waals surface area contributed by atoms with E-state index in [-0.39, 0.29) is 24.8 Å². The third-order valence-electron chi connectivity index (χ3n) is 0.694. The van der Waals surface area contributed by atoms with E-state index in [1.54, 1.807) is 12.4 Å². The van der Waals surface area contributed by atoms with Crippen molar-refractivity contribution in [2.24, 2.45) is 0 Å². The molecule has 6 heteroatoms. The summed E-state index contributed by atoms with van der Waals surface area (Å²) in [5, 5.41) is 2.34. The number of imidazole rings is 1. The number of rotatable bonds is 2. The second kappa shape index (κ2) is 6.38. The van der Waals surface area contributed by atoms with E-state index in [4.69, 9.17) is 0 Å². The van der Waals surface area contributed by atoms with Crippen LogP contribution >= 0.6 is 24.8 Å². The van der Waals surface area contributed by atoms with E-state index >= 15 is 0 Å². The van der Waals surface area contributed by atoms with Gasteiger partial charge in [0, 0.05) is 12.4 Å². The third kappa shape index (κ3) is 3.32. The summed E-state index contributed by atoms with van der Waals surface area (Å²) in [6.45, 7) is 0. The van der Waals surface area contributed by atoms with Crippen LogP contribution in [-0.2, 0) is 4.79 Å². The number of halogens is 2. The zero-order chi connectivity index (χ0) is 5.82. The lowest BCUT2D eigenvalue weighted by atomic mass is 11.0. The van der Waals surface area contributed by atoms with Crippen molar-refractivity contribution >= 4 is 37.2 Å². The van der Waals surface area contributed by atoms with Crippen LogP contribution in [0.25, 0.3) is 0 Å². The highest BCUT2D eigenvalue weighted by molar-refractivity contribution is 5.85. The Hall–Kier alpha value is -0.740. The number of hydrogen-bond donors (Lipinski definition) is 2. The first-order chi connectivity index (χ1) is 3.93. The van der Waals surface area contributed by atoms with Gasteiger partial charge in [-0.2, -0.15) is 0 Å². The number of amides is 1. The Morgan fingerprint density at radius 3 is 2.70 bits per heavy atom. The van der Waals surface area contributed by atoms with Crippen LogP contribution in [0, 0.1) is 0 Å². The molecule has 0 spiro atoms. The Morgan fingerprint density at radius 1 is 1.60 bits per heavy atom. The van der Waals surface area contributed by atoms with Gasteiger partial charge in [-0.15, -0.1) is 24.8 Å². The molecule has 1 aromatic heterocycles. The van der Waals surface area contributed by atoms with Gasteiger partial charge in [0.15, 0.2) is 0 Å². The molecule has 58 valence electrons. The van der Waals surface area contributed by atoms with Crippen LogP contribution < -0.4 is 5.32 Å². The number of aromatic nitrogens is 2. The molecule has 1 amide bonds. The molecule has 1 aromatic rings. The average molecular weight is 184 g/mol. The third-order valence-corrected chi connectivity index (χ3v) is 0.694. The molecule has 0 radical (unpaired) electrons. The van der Waals surface area contributed by atoms with Gasteiger partial charge in [0.25, 0.3) is 0 Å². The molecule has 0 bridgehead atoms. The zero-order valence-corrected chi connectivity index (χ0v) is 6.54. The molecule has 1 rings (SSSR count). The van der Waals surface area contributed by atoms with Crippen molar-refractivity contribution in [2.75, 3.05) is 5.32 Å². The van der Waals surface area contributed by atoms with Crippen molar-refractivity contribution in [3.8, 4) is 0 Å². The Bertz CT molecular complexity index is 165. The highest BCUT2D eigenvalue weighted by Gasteiger charge is 1.84. The highest BCUT2D eigenvalue weighted by Crippen LogP contribution is 1.89. The van der Waals surface area contributed by atoms with Crippen LogP contribution in [0.4, 0.5) is 5.95 Å². The fourth-order valence-corrected chi connectivity index (χ4v) is 0.400. The minimum absolute atomic E-state index is 0. The maximum Gasteiger partial charge on any atom is 0.213 e. The molecule has 0 fully saturated rings. The topological polar surface area (TPSA) is 57.8 Å². The van der Waals surface area contributed by atoms with Gasteiger partial charge in [0.2, 0.25) is 12.4 Å². The first kappa shape index (κ1) is 12.0. The minimum atomic E-state index is 0. The van der Waals surface area contributed by atoms with E-state index in [1.165, 1.54) is 0 Å². The van der Waals surface area contributed by atoms with Crippen LogP contribution in [0.15, 0.2) is 12.4 Å². The number of anilines is 1. The first-order valence-corrected chi connectivity index (χ1v) is 2.13. The predicted octanol–water partition coefficient (Wildman–Crippen LogP) is 0.822. The smallest absolute Gasteiger partial charge is 0.213 e. The maximum absolute atomic E-state index is 9.70. The number of nitrogens with zero attached hydrogens (tertiary/aromatic N) is 1. The molecule has 2 N–H and O–H groups in total. The summed E-state index contributed by atoms with van der Waals surface area (Å²) in [6.07, 6.45) is 3.76. The minimum Gasteiger partial charge on any atom is -0.331 e. The van der Waals surface area contributed by atoms with Crippen molar-refractivity contribution < 1.29 is 4.79 Å². The summed E-state index contributed by atoms with van der Waals surface area (Å²) in [5.41, 5.74) is 0. The summed E-state index contributed by atoms with van der Waals surface area (Å²) >= 11 is 0. The number of carbonyl (C=O) groups excluding carboxylic acids is 1. The molecular formula is C4H7Cl2N3O. The summed E-state index contributed by atoms with van der Waals surface area (Å²) in [7, 11) is 0. The number of hydrogen-bond acceptors (Lipinski definition) is 2. The van der Waals surface area contributed by atoms with Crippen LogP contribution in [0.1, 0.15) is 0 Å². The lowest BCUT2D eigenvalue weighted by Crippen LogP contribution is -1.94. The highest BCUT2D eigenvalue weighted by atomic mass is 35.5. The SMILES string of the molecule is Cl.Cl.O=CNc1ncc[nH]1. The summed E-state index contributed by atoms with van der Waals surface area (Å²) in [6, 6.07) is 0. The van der Waals surface area contributed by atoms with Gasteiger partial charge in [-0.1, -0.05) is 0 Å². The number of H-pyrrole nitrogens is 1. The molecule has 0 unspecified atom stereocenters. The lowest BCUT2D eigenvalue weighted by Gasteiger charge is -1.84. The van der Waals surface area contributed by atoms with Crippen molar-refractivity contribution in [1.29, 1.82) is 0 Å². The maximum atomic E-state index is 9.70. The summed E-state index contributed by atoms with van der Waals surface area (Å²) in [5.74, 6) is 0.472. The van der Waals surface area contributed by atoms with Crippen molar-refractivity contribution in [3.05, 3.63) is 12.4 Å². The molecule has 0 aromatic carbocycles. The molecule has 0 aliphatic rings. The molecule has 1 heterocycles. The molecular weight excluding hydrogens is 177 g/mol. The fraction of sp³-hybridized carbons (Fsp3) is 0. The van der Waals surface area contributed by atoms with Crippen molar-refractivity contribution in [3.63, 3.8) is 0 Å². The van der Waals surface area contributed by atoms with Crippen molar-refractivity contribution in [2.45, 2.75) is 0 Å². The van der Waals surface area contributed by atoms with Gasteiger partial charge in [0.1, 0.15) is 0 Å². The normalized spacial score (nSPS) is 6.80. The molecule has 0 aliphatic carbocycles. The van der Waals surface area contributed by atoms with E-state index in [1.807, 2.05) is 0 Å². The molecule has 0 saturated carbocycles. The average Bonchev–Trinajstić information content (AvgIpc) is 2.19. The largest absolute Gasteiger partial charge is 0.331 e. The quantitative estimate of drug-likeness (QED) is 0.668. The van der Waals surface area contributed by atoms with E-state index in [0.29, 0.717) is 12.4 Å². The van der Waals surface area contributed by atoms with Gasteiger partial charge in [-0.25, -0.2) is 4.98 Å². The monoisotopic (exact) mass is 183 g/mol. The van der Waals surface area contributed by atoms with Gasteiger partial charge in [-0.05, 0) is 0 Å². The van der Waals surface area contributed by atoms with Crippen LogP contribution in [0.2, 0.25) is 0 Å². The molecule has 4 nitrogen and oxygen atoms in total. The number of carbonyl (C=O) groups is 1. The Balaban J connectivity index is 0. The van der Waals surface area contributed by atoms with E-state index in [9.17, 15) is 4.79 Å². The van der Waals surface area contributed by atoms with Crippen molar-refractivity contribution in [1.82, 2.24) is 9.97 Å². The molecule has 0 atom stereocenters. The van der Waals surface area contributed by atoms with Gasteiger partial charge in [0.05, 0.1) is 0 Å². The second-order valence-electron chi connectivity index (χ2n) is 1.20. The van der Waals surface area contributed by atoms with E-state index in [2.05, 4.69) is 15.3 Å². The Kier molecular flexibility index (Phi) is 7.65. The molecule has 10 heavy (non-hydrogen) atoms. The van der Waals surface area contributed by atoms with Crippen LogP contribution in [0.5, 0.6) is 0 Å². The summed E-state index contributed by atoms with van der Waals surface area (Å²) in [4.78, 5) is 16.1. The lowest BCUT2D eigenvalue weighted by molar-refractivity contribution is -0.105. The first-order valence-electron chi connectivity index (χ1n) is 2.13. The second-order valence-corrected chi connectivity index (χ2v) is 1.20. The predicted molar refractivity (Wildman–Crippen MR) is 42.8 cm³/mol. The zero-order valence-electron chi connectivity index (χ0n) is 4.90. The number of aromatic amines is 1. The van der Waals surface area contributed by atoms with Gasteiger partial charge >= 0.3 is 0 Å². The van der Waals surface area contributed by atoms with E-state index in [0.717, 1.165) is 0 Å². The standard InChI is InChI=1S/C4H5N3O.2ClH/c8-3-7-4-5-1-2-6-4;;/h1-3H,(H2,5,6,7,8);2*1H. The van der Waals surface area contributed by atoms with Crippen LogP contribution in [0.3, 0.4) is 0 Å². The Labute approximate surface area is 70.2 Å². The number of nitrogens with one attached hydrogen (secondary N) is 2.